The highest BCUT2D eigenvalue weighted by molar-refractivity contribution is 5.89. The van der Waals surface area contributed by atoms with Crippen molar-refractivity contribution < 1.29 is 4.42 Å². The summed E-state index contributed by atoms with van der Waals surface area (Å²) in [4.78, 5) is 0. The third-order valence-corrected chi connectivity index (χ3v) is 5.48. The number of fused-ring (bicyclic) bond motifs is 7. The molecule has 2 aliphatic rings. The zero-order valence-electron chi connectivity index (χ0n) is 13.4. The molecule has 0 saturated carbocycles. The quantitative estimate of drug-likeness (QED) is 0.479. The van der Waals surface area contributed by atoms with Gasteiger partial charge in [0, 0.05) is 28.2 Å². The van der Waals surface area contributed by atoms with Crippen molar-refractivity contribution in [2.75, 3.05) is 10.6 Å². The van der Waals surface area contributed by atoms with E-state index < -0.39 is 0 Å². The Labute approximate surface area is 144 Å². The Bertz CT molecular complexity index is 1080. The molecule has 0 fully saturated rings. The van der Waals surface area contributed by atoms with Crippen LogP contribution in [0.4, 0.5) is 11.4 Å². The first-order chi connectivity index (χ1) is 12.4. The molecule has 4 aromatic rings. The second-order valence-corrected chi connectivity index (χ2v) is 6.73. The van der Waals surface area contributed by atoms with E-state index in [1.165, 1.54) is 16.8 Å². The molecule has 2 aromatic heterocycles. The first-order valence-corrected chi connectivity index (χ1v) is 8.51. The monoisotopic (exact) mass is 328 g/mol. The molecular formula is C20H16N4O. The van der Waals surface area contributed by atoms with Gasteiger partial charge in [0.05, 0.1) is 30.1 Å². The Kier molecular flexibility index (Phi) is 2.45. The van der Waals surface area contributed by atoms with Gasteiger partial charge in [-0.3, -0.25) is 5.10 Å². The largest absolute Gasteiger partial charge is 0.467 e. The number of nitrogens with one attached hydrogen (secondary N) is 3. The standard InChI is InChI=1S/C20H16N4O/c1-2-5-13-12(4-1)16-19(15-6-3-9-25-15)23-14-8-7-11-10-21-24-18(11)17(14)20(16)22-13/h1-10,16,19-20,22-23H,(H,21,24)/t16-,19-,20-/m0/s1. The van der Waals surface area contributed by atoms with Crippen LogP contribution in [0.2, 0.25) is 0 Å². The molecule has 0 spiro atoms. The molecule has 3 N–H and O–H groups in total. The number of aromatic amines is 1. The summed E-state index contributed by atoms with van der Waals surface area (Å²) in [6.45, 7) is 0. The first kappa shape index (κ1) is 13.1. The highest BCUT2D eigenvalue weighted by atomic mass is 16.3. The molecule has 4 heterocycles. The third kappa shape index (κ3) is 1.70. The van der Waals surface area contributed by atoms with Gasteiger partial charge in [0.1, 0.15) is 5.76 Å². The fraction of sp³-hybridized carbons (Fsp3) is 0.150. The lowest BCUT2D eigenvalue weighted by atomic mass is 9.79. The van der Waals surface area contributed by atoms with Gasteiger partial charge < -0.3 is 15.1 Å². The molecule has 2 aromatic carbocycles. The number of anilines is 2. The molecule has 5 heteroatoms. The van der Waals surface area contributed by atoms with E-state index in [0.717, 1.165) is 22.4 Å². The second kappa shape index (κ2) is 4.66. The summed E-state index contributed by atoms with van der Waals surface area (Å²) in [5, 5.41) is 16.0. The molecule has 0 aliphatic carbocycles. The summed E-state index contributed by atoms with van der Waals surface area (Å²) in [5.41, 5.74) is 5.99. The molecule has 2 aliphatic heterocycles. The molecule has 0 bridgehead atoms. The van der Waals surface area contributed by atoms with Crippen molar-refractivity contribution in [3.8, 4) is 0 Å². The maximum absolute atomic E-state index is 5.77. The summed E-state index contributed by atoms with van der Waals surface area (Å²) >= 11 is 0. The Hall–Kier alpha value is -3.21. The van der Waals surface area contributed by atoms with E-state index in [9.17, 15) is 0 Å². The second-order valence-electron chi connectivity index (χ2n) is 6.73. The van der Waals surface area contributed by atoms with Crippen molar-refractivity contribution in [1.82, 2.24) is 10.2 Å². The number of rotatable bonds is 1. The van der Waals surface area contributed by atoms with Crippen LogP contribution in [-0.2, 0) is 0 Å². The predicted octanol–water partition coefficient (Wildman–Crippen LogP) is 4.57. The minimum absolute atomic E-state index is 0.0871. The SMILES string of the molecule is c1coc([C@@H]2Nc3ccc4cn[nH]c4c3[C@H]3Nc4ccccc4[C@H]32)c1. The van der Waals surface area contributed by atoms with Gasteiger partial charge in [0.25, 0.3) is 0 Å². The van der Waals surface area contributed by atoms with Crippen LogP contribution in [-0.4, -0.2) is 10.2 Å². The average molecular weight is 328 g/mol. The number of hydrogen-bond acceptors (Lipinski definition) is 4. The number of H-pyrrole nitrogens is 1. The van der Waals surface area contributed by atoms with Gasteiger partial charge in [-0.05, 0) is 35.9 Å². The molecule has 0 unspecified atom stereocenters. The minimum Gasteiger partial charge on any atom is -0.467 e. The van der Waals surface area contributed by atoms with Crippen molar-refractivity contribution in [1.29, 1.82) is 0 Å². The lowest BCUT2D eigenvalue weighted by molar-refractivity contribution is 0.419. The van der Waals surface area contributed by atoms with Crippen LogP contribution in [0.5, 0.6) is 0 Å². The lowest BCUT2D eigenvalue weighted by Gasteiger charge is -2.36. The molecule has 0 radical (unpaired) electrons. The van der Waals surface area contributed by atoms with Crippen LogP contribution >= 0.6 is 0 Å². The summed E-state index contributed by atoms with van der Waals surface area (Å²) in [6, 6.07) is 17.1. The maximum atomic E-state index is 5.77. The fourth-order valence-corrected chi connectivity index (χ4v) is 4.44. The van der Waals surface area contributed by atoms with Gasteiger partial charge in [0.15, 0.2) is 0 Å². The molecule has 0 saturated heterocycles. The Morgan fingerprint density at radius 2 is 1.80 bits per heavy atom. The van der Waals surface area contributed by atoms with Crippen LogP contribution in [0.25, 0.3) is 10.9 Å². The van der Waals surface area contributed by atoms with E-state index in [-0.39, 0.29) is 18.0 Å². The Morgan fingerprint density at radius 1 is 0.880 bits per heavy atom. The molecule has 5 nitrogen and oxygen atoms in total. The van der Waals surface area contributed by atoms with Crippen LogP contribution in [0.15, 0.2) is 65.4 Å². The third-order valence-electron chi connectivity index (χ3n) is 5.48. The van der Waals surface area contributed by atoms with Crippen molar-refractivity contribution in [2.24, 2.45) is 0 Å². The van der Waals surface area contributed by atoms with Crippen LogP contribution in [0, 0.1) is 0 Å². The lowest BCUT2D eigenvalue weighted by Crippen LogP contribution is -2.29. The molecule has 3 atom stereocenters. The number of furan rings is 1. The molecule has 25 heavy (non-hydrogen) atoms. The van der Waals surface area contributed by atoms with Gasteiger partial charge in [-0.2, -0.15) is 5.10 Å². The van der Waals surface area contributed by atoms with Gasteiger partial charge in [-0.15, -0.1) is 0 Å². The van der Waals surface area contributed by atoms with Gasteiger partial charge >= 0.3 is 0 Å². The summed E-state index contributed by atoms with van der Waals surface area (Å²) < 4.78 is 5.77. The van der Waals surface area contributed by atoms with Crippen molar-refractivity contribution in [3.63, 3.8) is 0 Å². The van der Waals surface area contributed by atoms with E-state index >= 15 is 0 Å². The fourth-order valence-electron chi connectivity index (χ4n) is 4.44. The normalized spacial score (nSPS) is 23.4. The number of aromatic nitrogens is 2. The predicted molar refractivity (Wildman–Crippen MR) is 96.7 cm³/mol. The summed E-state index contributed by atoms with van der Waals surface area (Å²) in [6.07, 6.45) is 3.62. The molecule has 6 rings (SSSR count). The van der Waals surface area contributed by atoms with Gasteiger partial charge in [-0.25, -0.2) is 0 Å². The zero-order valence-corrected chi connectivity index (χ0v) is 13.4. The maximum Gasteiger partial charge on any atom is 0.126 e. The van der Waals surface area contributed by atoms with Crippen LogP contribution < -0.4 is 10.6 Å². The van der Waals surface area contributed by atoms with E-state index in [1.54, 1.807) is 6.26 Å². The molecule has 0 amide bonds. The van der Waals surface area contributed by atoms with E-state index in [1.807, 2.05) is 12.3 Å². The van der Waals surface area contributed by atoms with E-state index in [2.05, 4.69) is 63.3 Å². The molecule has 122 valence electrons. The van der Waals surface area contributed by atoms with Crippen molar-refractivity contribution in [2.45, 2.75) is 18.0 Å². The Balaban J connectivity index is 1.62. The van der Waals surface area contributed by atoms with E-state index in [0.29, 0.717) is 0 Å². The van der Waals surface area contributed by atoms with Crippen LogP contribution in [0.1, 0.15) is 34.9 Å². The van der Waals surface area contributed by atoms with Crippen LogP contribution in [0.3, 0.4) is 0 Å². The number of benzene rings is 2. The zero-order chi connectivity index (χ0) is 16.4. The van der Waals surface area contributed by atoms with Crippen molar-refractivity contribution >= 4 is 22.3 Å². The number of hydrogen-bond donors (Lipinski definition) is 3. The van der Waals surface area contributed by atoms with Gasteiger partial charge in [0.2, 0.25) is 0 Å². The van der Waals surface area contributed by atoms with Crippen molar-refractivity contribution in [3.05, 3.63) is 77.9 Å². The summed E-state index contributed by atoms with van der Waals surface area (Å²) in [5.74, 6) is 1.22. The summed E-state index contributed by atoms with van der Waals surface area (Å²) in [7, 11) is 0. The minimum atomic E-state index is 0.0871. The average Bonchev–Trinajstić information content (AvgIpc) is 3.38. The highest BCUT2D eigenvalue weighted by Gasteiger charge is 2.45. The highest BCUT2D eigenvalue weighted by Crippen LogP contribution is 2.56. The number of nitrogens with zero attached hydrogens (tertiary/aromatic N) is 1. The first-order valence-electron chi connectivity index (χ1n) is 8.51. The topological polar surface area (TPSA) is 65.9 Å². The van der Waals surface area contributed by atoms with Gasteiger partial charge in [-0.1, -0.05) is 18.2 Å². The molecular weight excluding hydrogens is 312 g/mol. The Morgan fingerprint density at radius 3 is 2.72 bits per heavy atom. The van der Waals surface area contributed by atoms with E-state index in [4.69, 9.17) is 4.42 Å². The number of para-hydroxylation sites is 1. The smallest absolute Gasteiger partial charge is 0.126 e.